The summed E-state index contributed by atoms with van der Waals surface area (Å²) in [6.45, 7) is 3.48. The number of carbonyl (C=O) groups is 1. The van der Waals surface area contributed by atoms with Crippen LogP contribution in [0.15, 0.2) is 28.7 Å². The van der Waals surface area contributed by atoms with Crippen molar-refractivity contribution in [2.75, 3.05) is 18.1 Å². The first-order chi connectivity index (χ1) is 10.2. The number of nitrogens with one attached hydrogen (secondary N) is 2. The van der Waals surface area contributed by atoms with E-state index in [9.17, 15) is 4.79 Å². The van der Waals surface area contributed by atoms with E-state index in [2.05, 4.69) is 10.6 Å². The number of amides is 1. The Labute approximate surface area is 128 Å². The fourth-order valence-corrected chi connectivity index (χ4v) is 3.57. The predicted molar refractivity (Wildman–Crippen MR) is 86.5 cm³/mol. The van der Waals surface area contributed by atoms with Gasteiger partial charge in [0.05, 0.1) is 6.54 Å². The molecule has 21 heavy (non-hydrogen) atoms. The van der Waals surface area contributed by atoms with Gasteiger partial charge < -0.3 is 15.1 Å². The van der Waals surface area contributed by atoms with E-state index >= 15 is 0 Å². The summed E-state index contributed by atoms with van der Waals surface area (Å²) in [7, 11) is 0. The van der Waals surface area contributed by atoms with E-state index in [1.54, 1.807) is 0 Å². The number of thioether (sulfide) groups is 1. The van der Waals surface area contributed by atoms with Gasteiger partial charge in [0.25, 0.3) is 0 Å². The molecule has 0 saturated carbocycles. The Hall–Kier alpha value is -1.46. The zero-order valence-corrected chi connectivity index (χ0v) is 13.0. The first kappa shape index (κ1) is 14.5. The highest BCUT2D eigenvalue weighted by Crippen LogP contribution is 2.24. The van der Waals surface area contributed by atoms with E-state index in [1.165, 1.54) is 0 Å². The highest BCUT2D eigenvalue weighted by atomic mass is 32.2. The van der Waals surface area contributed by atoms with E-state index in [4.69, 9.17) is 4.42 Å². The Kier molecular flexibility index (Phi) is 4.51. The third-order valence-electron chi connectivity index (χ3n) is 3.82. The number of para-hydroxylation sites is 1. The fourth-order valence-electron chi connectivity index (χ4n) is 2.62. The molecule has 0 spiro atoms. The minimum absolute atomic E-state index is 0.0786. The van der Waals surface area contributed by atoms with Crippen LogP contribution in [0, 0.1) is 6.92 Å². The Morgan fingerprint density at radius 3 is 3.10 bits per heavy atom. The average Bonchev–Trinajstić information content (AvgIpc) is 2.83. The lowest BCUT2D eigenvalue weighted by molar-refractivity contribution is -0.121. The summed E-state index contributed by atoms with van der Waals surface area (Å²) in [5.41, 5.74) is 1.99. The molecule has 2 N–H and O–H groups in total. The maximum atomic E-state index is 12.0. The quantitative estimate of drug-likeness (QED) is 0.911. The highest BCUT2D eigenvalue weighted by molar-refractivity contribution is 7.99. The van der Waals surface area contributed by atoms with Gasteiger partial charge >= 0.3 is 0 Å². The third-order valence-corrected chi connectivity index (χ3v) is 4.95. The number of hydrogen-bond donors (Lipinski definition) is 2. The Bertz CT molecular complexity index is 632. The van der Waals surface area contributed by atoms with Gasteiger partial charge in [-0.25, -0.2) is 0 Å². The van der Waals surface area contributed by atoms with Crippen molar-refractivity contribution in [1.82, 2.24) is 10.6 Å². The molecule has 1 aromatic heterocycles. The lowest BCUT2D eigenvalue weighted by atomic mass is 10.1. The number of carbonyl (C=O) groups excluding carboxylic acids is 1. The van der Waals surface area contributed by atoms with Crippen molar-refractivity contribution in [3.8, 4) is 0 Å². The van der Waals surface area contributed by atoms with Crippen LogP contribution in [0.3, 0.4) is 0 Å². The highest BCUT2D eigenvalue weighted by Gasteiger charge is 2.17. The molecule has 0 radical (unpaired) electrons. The molecule has 0 bridgehead atoms. The Morgan fingerprint density at radius 1 is 1.48 bits per heavy atom. The molecule has 1 atom stereocenters. The van der Waals surface area contributed by atoms with E-state index in [0.717, 1.165) is 40.3 Å². The number of furan rings is 1. The van der Waals surface area contributed by atoms with Crippen molar-refractivity contribution in [3.63, 3.8) is 0 Å². The molecule has 4 nitrogen and oxygen atoms in total. The lowest BCUT2D eigenvalue weighted by Crippen LogP contribution is -2.41. The second kappa shape index (κ2) is 6.54. The maximum Gasteiger partial charge on any atom is 0.221 e. The molecular weight excluding hydrogens is 284 g/mol. The largest absolute Gasteiger partial charge is 0.459 e. The van der Waals surface area contributed by atoms with Gasteiger partial charge in [-0.1, -0.05) is 18.2 Å². The van der Waals surface area contributed by atoms with Crippen LogP contribution < -0.4 is 10.6 Å². The molecule has 1 aromatic carbocycles. The van der Waals surface area contributed by atoms with Crippen molar-refractivity contribution in [1.29, 1.82) is 0 Å². The van der Waals surface area contributed by atoms with Gasteiger partial charge in [0, 0.05) is 41.5 Å². The maximum absolute atomic E-state index is 12.0. The summed E-state index contributed by atoms with van der Waals surface area (Å²) in [5.74, 6) is 3.07. The first-order valence-corrected chi connectivity index (χ1v) is 8.44. The average molecular weight is 304 g/mol. The van der Waals surface area contributed by atoms with E-state index < -0.39 is 0 Å². The number of aryl methyl sites for hydroxylation is 1. The summed E-state index contributed by atoms with van der Waals surface area (Å²) in [6.07, 6.45) is 0.534. The van der Waals surface area contributed by atoms with Gasteiger partial charge in [0.1, 0.15) is 11.3 Å². The first-order valence-electron chi connectivity index (χ1n) is 7.29. The molecule has 2 heterocycles. The summed E-state index contributed by atoms with van der Waals surface area (Å²) in [4.78, 5) is 12.0. The number of hydrogen-bond acceptors (Lipinski definition) is 4. The second-order valence-electron chi connectivity index (χ2n) is 5.35. The van der Waals surface area contributed by atoms with Gasteiger partial charge in [-0.05, 0) is 13.0 Å². The van der Waals surface area contributed by atoms with E-state index in [-0.39, 0.29) is 5.91 Å². The van der Waals surface area contributed by atoms with Gasteiger partial charge in [-0.3, -0.25) is 4.79 Å². The Morgan fingerprint density at radius 2 is 2.33 bits per heavy atom. The predicted octanol–water partition coefficient (Wildman–Crippen LogP) is 2.45. The van der Waals surface area contributed by atoms with E-state index in [0.29, 0.717) is 19.0 Å². The summed E-state index contributed by atoms with van der Waals surface area (Å²) >= 11 is 1.90. The van der Waals surface area contributed by atoms with E-state index in [1.807, 2.05) is 43.0 Å². The lowest BCUT2D eigenvalue weighted by Gasteiger charge is -2.22. The van der Waals surface area contributed by atoms with Gasteiger partial charge in [0.15, 0.2) is 0 Å². The standard InChI is InChI=1S/C16H20N2O2S/c1-11-13-4-2-3-5-14(13)20-15(11)9-18-16(19)8-12-10-21-7-6-17-12/h2-5,12,17H,6-10H2,1H3,(H,18,19). The van der Waals surface area contributed by atoms with Crippen LogP contribution in [-0.2, 0) is 11.3 Å². The minimum atomic E-state index is 0.0786. The molecule has 2 aromatic rings. The van der Waals surface area contributed by atoms with Gasteiger partial charge in [-0.2, -0.15) is 11.8 Å². The van der Waals surface area contributed by atoms with Gasteiger partial charge in [0.2, 0.25) is 5.91 Å². The van der Waals surface area contributed by atoms with Crippen LogP contribution >= 0.6 is 11.8 Å². The molecule has 1 saturated heterocycles. The SMILES string of the molecule is Cc1c(CNC(=O)CC2CSCCN2)oc2ccccc12. The normalized spacial score (nSPS) is 18.8. The van der Waals surface area contributed by atoms with Crippen LogP contribution in [0.2, 0.25) is 0 Å². The molecule has 5 heteroatoms. The summed E-state index contributed by atoms with van der Waals surface area (Å²) in [5, 5.41) is 7.46. The van der Waals surface area contributed by atoms with Crippen LogP contribution in [0.4, 0.5) is 0 Å². The summed E-state index contributed by atoms with van der Waals surface area (Å²) < 4.78 is 5.80. The molecule has 112 valence electrons. The van der Waals surface area contributed by atoms with Crippen LogP contribution in [0.1, 0.15) is 17.7 Å². The molecule has 1 aliphatic rings. The van der Waals surface area contributed by atoms with Crippen molar-refractivity contribution >= 4 is 28.6 Å². The molecule has 1 fully saturated rings. The minimum Gasteiger partial charge on any atom is -0.459 e. The number of rotatable bonds is 4. The molecular formula is C16H20N2O2S. The molecule has 1 aliphatic heterocycles. The fraction of sp³-hybridized carbons (Fsp3) is 0.438. The van der Waals surface area contributed by atoms with Crippen LogP contribution in [0.25, 0.3) is 11.0 Å². The van der Waals surface area contributed by atoms with Gasteiger partial charge in [-0.15, -0.1) is 0 Å². The second-order valence-corrected chi connectivity index (χ2v) is 6.50. The zero-order chi connectivity index (χ0) is 14.7. The number of fused-ring (bicyclic) bond motifs is 1. The van der Waals surface area contributed by atoms with Crippen molar-refractivity contribution < 1.29 is 9.21 Å². The van der Waals surface area contributed by atoms with Crippen molar-refractivity contribution in [2.24, 2.45) is 0 Å². The van der Waals surface area contributed by atoms with Crippen molar-refractivity contribution in [2.45, 2.75) is 25.9 Å². The monoisotopic (exact) mass is 304 g/mol. The molecule has 1 unspecified atom stereocenters. The van der Waals surface area contributed by atoms with Crippen molar-refractivity contribution in [3.05, 3.63) is 35.6 Å². The smallest absolute Gasteiger partial charge is 0.221 e. The van der Waals surface area contributed by atoms with Crippen LogP contribution in [-0.4, -0.2) is 30.0 Å². The molecule has 0 aliphatic carbocycles. The Balaban J connectivity index is 1.58. The number of benzene rings is 1. The summed E-state index contributed by atoms with van der Waals surface area (Å²) in [6, 6.07) is 8.25. The zero-order valence-electron chi connectivity index (χ0n) is 12.1. The topological polar surface area (TPSA) is 54.3 Å². The van der Waals surface area contributed by atoms with Crippen LogP contribution in [0.5, 0.6) is 0 Å². The molecule has 1 amide bonds. The third kappa shape index (κ3) is 3.41. The molecule has 3 rings (SSSR count).